The Morgan fingerprint density at radius 3 is 2.52 bits per heavy atom. The molecule has 2 unspecified atom stereocenters. The van der Waals surface area contributed by atoms with E-state index in [1.54, 1.807) is 0 Å². The number of hydrogen-bond donors (Lipinski definition) is 2. The molecule has 164 valence electrons. The molecule has 7 nitrogen and oxygen atoms in total. The number of nitrogens with one attached hydrogen (secondary N) is 2. The lowest BCUT2D eigenvalue weighted by atomic mass is 10.1. The summed E-state index contributed by atoms with van der Waals surface area (Å²) in [5.41, 5.74) is 0. The lowest BCUT2D eigenvalue weighted by molar-refractivity contribution is 0.0177. The number of rotatable bonds is 8. The normalized spacial score (nSPS) is 22.4. The zero-order chi connectivity index (χ0) is 20.5. The maximum atomic E-state index is 5.55. The highest BCUT2D eigenvalue weighted by molar-refractivity contribution is 7.10. The molecule has 0 spiro atoms. The Kier molecular flexibility index (Phi) is 9.20. The fourth-order valence-corrected chi connectivity index (χ4v) is 4.86. The van der Waals surface area contributed by atoms with E-state index in [9.17, 15) is 0 Å². The molecule has 2 saturated heterocycles. The molecule has 0 saturated carbocycles. The van der Waals surface area contributed by atoms with Crippen LogP contribution in [0.15, 0.2) is 22.5 Å². The number of ether oxygens (including phenoxy) is 1. The quantitative estimate of drug-likeness (QED) is 0.485. The van der Waals surface area contributed by atoms with E-state index in [0.29, 0.717) is 12.0 Å². The van der Waals surface area contributed by atoms with Crippen molar-refractivity contribution in [2.45, 2.75) is 13.0 Å². The summed E-state index contributed by atoms with van der Waals surface area (Å²) in [7, 11) is 4.06. The second kappa shape index (κ2) is 11.9. The number of hydrogen-bond acceptors (Lipinski definition) is 6. The lowest BCUT2D eigenvalue weighted by Gasteiger charge is -2.35. The third-order valence-corrected chi connectivity index (χ3v) is 6.80. The van der Waals surface area contributed by atoms with Crippen LogP contribution in [0.3, 0.4) is 0 Å². The average molecular weight is 423 g/mol. The van der Waals surface area contributed by atoms with Crippen molar-refractivity contribution in [1.29, 1.82) is 0 Å². The molecule has 1 aromatic heterocycles. The Bertz CT molecular complexity index is 596. The minimum atomic E-state index is 0.361. The molecule has 0 aliphatic carbocycles. The van der Waals surface area contributed by atoms with Gasteiger partial charge in [0.25, 0.3) is 0 Å². The van der Waals surface area contributed by atoms with E-state index in [0.717, 1.165) is 51.9 Å². The SMILES string of the molecule is CN=C(NCC(C)CN1CCN(C)CC1)NCC(c1cccs1)N1CCOCC1. The van der Waals surface area contributed by atoms with E-state index in [4.69, 9.17) is 4.74 Å². The van der Waals surface area contributed by atoms with Crippen LogP contribution < -0.4 is 10.6 Å². The maximum Gasteiger partial charge on any atom is 0.191 e. The van der Waals surface area contributed by atoms with Gasteiger partial charge in [-0.1, -0.05) is 13.0 Å². The second-order valence-corrected chi connectivity index (χ2v) is 9.20. The van der Waals surface area contributed by atoms with Gasteiger partial charge in [-0.15, -0.1) is 11.3 Å². The molecule has 2 N–H and O–H groups in total. The van der Waals surface area contributed by atoms with Crippen LogP contribution in [-0.4, -0.2) is 107 Å². The van der Waals surface area contributed by atoms with Gasteiger partial charge in [0.2, 0.25) is 0 Å². The largest absolute Gasteiger partial charge is 0.379 e. The number of guanidine groups is 1. The van der Waals surface area contributed by atoms with Gasteiger partial charge in [0.15, 0.2) is 5.96 Å². The molecule has 3 heterocycles. The Balaban J connectivity index is 1.44. The molecule has 0 radical (unpaired) electrons. The van der Waals surface area contributed by atoms with Crippen LogP contribution in [0.1, 0.15) is 17.8 Å². The van der Waals surface area contributed by atoms with E-state index < -0.39 is 0 Å². The molecule has 8 heteroatoms. The third-order valence-electron chi connectivity index (χ3n) is 5.83. The van der Waals surface area contributed by atoms with Crippen LogP contribution >= 0.6 is 11.3 Å². The molecule has 2 atom stereocenters. The molecule has 2 aliphatic rings. The van der Waals surface area contributed by atoms with Crippen molar-refractivity contribution >= 4 is 17.3 Å². The molecule has 0 bridgehead atoms. The zero-order valence-electron chi connectivity index (χ0n) is 18.3. The Hall–Kier alpha value is -1.19. The number of likely N-dealkylation sites (N-methyl/N-ethyl adjacent to an activating group) is 1. The molecule has 0 amide bonds. The standard InChI is InChI=1S/C21H38N6OS/c1-18(17-26-8-6-25(3)7-9-26)15-23-21(22-2)24-16-19(20-5-4-14-29-20)27-10-12-28-13-11-27/h4-5,14,18-19H,6-13,15-17H2,1-3H3,(H2,22,23,24). The van der Waals surface area contributed by atoms with Crippen molar-refractivity contribution in [3.8, 4) is 0 Å². The summed E-state index contributed by atoms with van der Waals surface area (Å²) < 4.78 is 5.55. The van der Waals surface area contributed by atoms with Gasteiger partial charge in [0.1, 0.15) is 0 Å². The van der Waals surface area contributed by atoms with Crippen LogP contribution in [0.25, 0.3) is 0 Å². The van der Waals surface area contributed by atoms with E-state index in [2.05, 4.69) is 61.8 Å². The average Bonchev–Trinajstić information content (AvgIpc) is 3.27. The van der Waals surface area contributed by atoms with Crippen LogP contribution in [0.4, 0.5) is 0 Å². The van der Waals surface area contributed by atoms with E-state index >= 15 is 0 Å². The van der Waals surface area contributed by atoms with E-state index in [-0.39, 0.29) is 0 Å². The lowest BCUT2D eigenvalue weighted by Crippen LogP contribution is -2.48. The van der Waals surface area contributed by atoms with Gasteiger partial charge in [0.05, 0.1) is 19.3 Å². The summed E-state index contributed by atoms with van der Waals surface area (Å²) in [5.74, 6) is 1.48. The van der Waals surface area contributed by atoms with Gasteiger partial charge in [-0.2, -0.15) is 0 Å². The first-order valence-corrected chi connectivity index (χ1v) is 11.7. The topological polar surface area (TPSA) is 55.4 Å². The number of aliphatic imine (C=N–C) groups is 1. The highest BCUT2D eigenvalue weighted by atomic mass is 32.1. The van der Waals surface area contributed by atoms with Crippen molar-refractivity contribution in [1.82, 2.24) is 25.3 Å². The van der Waals surface area contributed by atoms with Crippen molar-refractivity contribution in [2.24, 2.45) is 10.9 Å². The molecular formula is C21H38N6OS. The molecule has 2 aliphatic heterocycles. The van der Waals surface area contributed by atoms with Crippen LogP contribution in [0, 0.1) is 5.92 Å². The predicted molar refractivity (Wildman–Crippen MR) is 122 cm³/mol. The van der Waals surface area contributed by atoms with Gasteiger partial charge in [-0.25, -0.2) is 0 Å². The molecule has 3 rings (SSSR count). The fourth-order valence-electron chi connectivity index (χ4n) is 4.00. The Morgan fingerprint density at radius 2 is 1.86 bits per heavy atom. The highest BCUT2D eigenvalue weighted by Gasteiger charge is 2.24. The fraction of sp³-hybridized carbons (Fsp3) is 0.762. The molecule has 2 fully saturated rings. The first-order chi connectivity index (χ1) is 14.2. The molecule has 29 heavy (non-hydrogen) atoms. The summed E-state index contributed by atoms with van der Waals surface area (Å²) in [4.78, 5) is 13.4. The molecule has 1 aromatic rings. The van der Waals surface area contributed by atoms with Crippen molar-refractivity contribution in [3.05, 3.63) is 22.4 Å². The van der Waals surface area contributed by atoms with Gasteiger partial charge < -0.3 is 25.2 Å². The summed E-state index contributed by atoms with van der Waals surface area (Å²) in [6.45, 7) is 13.6. The summed E-state index contributed by atoms with van der Waals surface area (Å²) >= 11 is 1.83. The zero-order valence-corrected chi connectivity index (χ0v) is 19.1. The summed E-state index contributed by atoms with van der Waals surface area (Å²) in [6.07, 6.45) is 0. The number of morpholine rings is 1. The predicted octanol–water partition coefficient (Wildman–Crippen LogP) is 1.17. The smallest absolute Gasteiger partial charge is 0.191 e. The second-order valence-electron chi connectivity index (χ2n) is 8.22. The minimum absolute atomic E-state index is 0.361. The van der Waals surface area contributed by atoms with Crippen LogP contribution in [0.2, 0.25) is 0 Å². The number of nitrogens with zero attached hydrogens (tertiary/aromatic N) is 4. The van der Waals surface area contributed by atoms with Gasteiger partial charge >= 0.3 is 0 Å². The van der Waals surface area contributed by atoms with Crippen LogP contribution in [-0.2, 0) is 4.74 Å². The molecule has 0 aromatic carbocycles. The number of thiophene rings is 1. The first-order valence-electron chi connectivity index (χ1n) is 10.9. The highest BCUT2D eigenvalue weighted by Crippen LogP contribution is 2.25. The van der Waals surface area contributed by atoms with E-state index in [1.165, 1.54) is 31.1 Å². The number of piperazine rings is 1. The molecular weight excluding hydrogens is 384 g/mol. The third kappa shape index (κ3) is 7.22. The van der Waals surface area contributed by atoms with Gasteiger partial charge in [-0.05, 0) is 24.4 Å². The van der Waals surface area contributed by atoms with Crippen LogP contribution in [0.5, 0.6) is 0 Å². The first kappa shape index (κ1) is 22.5. The summed E-state index contributed by atoms with van der Waals surface area (Å²) in [5, 5.41) is 9.26. The Morgan fingerprint density at radius 1 is 1.14 bits per heavy atom. The maximum absolute atomic E-state index is 5.55. The van der Waals surface area contributed by atoms with Gasteiger partial charge in [0, 0.05) is 70.8 Å². The Labute approximate surface area is 180 Å². The van der Waals surface area contributed by atoms with Gasteiger partial charge in [-0.3, -0.25) is 9.89 Å². The summed E-state index contributed by atoms with van der Waals surface area (Å²) in [6, 6.07) is 4.74. The van der Waals surface area contributed by atoms with E-state index in [1.807, 2.05) is 18.4 Å². The van der Waals surface area contributed by atoms with Crippen molar-refractivity contribution in [2.75, 3.05) is 86.2 Å². The monoisotopic (exact) mass is 422 g/mol. The van der Waals surface area contributed by atoms with Crippen molar-refractivity contribution in [3.63, 3.8) is 0 Å². The van der Waals surface area contributed by atoms with Crippen molar-refractivity contribution < 1.29 is 4.74 Å². The minimum Gasteiger partial charge on any atom is -0.379 e.